The Balaban J connectivity index is 1.57. The first-order valence-corrected chi connectivity index (χ1v) is 8.26. The molecular formula is C17H17Cl2N3O. The Hall–Kier alpha value is -1.62. The number of carbonyl (C=O) groups excluding carboxylic acids is 1. The summed E-state index contributed by atoms with van der Waals surface area (Å²) in [5, 5.41) is 3.56. The molecule has 120 valence electrons. The third-order valence-corrected chi connectivity index (χ3v) is 4.40. The highest BCUT2D eigenvalue weighted by Gasteiger charge is 2.25. The highest BCUT2D eigenvalue weighted by Crippen LogP contribution is 2.18. The lowest BCUT2D eigenvalue weighted by molar-refractivity contribution is 0.0933. The van der Waals surface area contributed by atoms with Crippen molar-refractivity contribution in [3.8, 4) is 0 Å². The van der Waals surface area contributed by atoms with Gasteiger partial charge in [0.2, 0.25) is 0 Å². The molecule has 3 rings (SSSR count). The molecule has 4 nitrogen and oxygen atoms in total. The molecule has 0 saturated carbocycles. The molecule has 1 fully saturated rings. The summed E-state index contributed by atoms with van der Waals surface area (Å²) in [7, 11) is 0. The highest BCUT2D eigenvalue weighted by atomic mass is 35.5. The van der Waals surface area contributed by atoms with Gasteiger partial charge < -0.3 is 5.32 Å². The minimum Gasteiger partial charge on any atom is -0.347 e. The van der Waals surface area contributed by atoms with Crippen LogP contribution in [0.4, 0.5) is 0 Å². The van der Waals surface area contributed by atoms with Crippen LogP contribution in [0.2, 0.25) is 10.2 Å². The molecule has 23 heavy (non-hydrogen) atoms. The number of pyridine rings is 1. The third kappa shape index (κ3) is 4.22. The van der Waals surface area contributed by atoms with E-state index in [1.54, 1.807) is 12.1 Å². The van der Waals surface area contributed by atoms with Gasteiger partial charge in [-0.2, -0.15) is 0 Å². The van der Waals surface area contributed by atoms with E-state index in [0.717, 1.165) is 26.1 Å². The summed E-state index contributed by atoms with van der Waals surface area (Å²) in [6.45, 7) is 2.67. The van der Waals surface area contributed by atoms with Crippen LogP contribution in [0.5, 0.6) is 0 Å². The molecule has 0 bridgehead atoms. The van der Waals surface area contributed by atoms with Crippen LogP contribution in [0.3, 0.4) is 0 Å². The van der Waals surface area contributed by atoms with E-state index >= 15 is 0 Å². The summed E-state index contributed by atoms with van der Waals surface area (Å²) in [5.74, 6) is -0.274. The van der Waals surface area contributed by atoms with Gasteiger partial charge in [0.05, 0.1) is 5.02 Å². The summed E-state index contributed by atoms with van der Waals surface area (Å²) in [6, 6.07) is 13.6. The minimum absolute atomic E-state index is 0.100. The lowest BCUT2D eigenvalue weighted by Crippen LogP contribution is -2.37. The van der Waals surface area contributed by atoms with Crippen LogP contribution in [0.15, 0.2) is 42.5 Å². The first-order valence-electron chi connectivity index (χ1n) is 7.51. The summed E-state index contributed by atoms with van der Waals surface area (Å²) >= 11 is 11.9. The third-order valence-electron chi connectivity index (χ3n) is 3.88. The SMILES string of the molecule is O=C(NC1CCN(Cc2ccccc2)C1)c1nc(Cl)ccc1Cl. The Morgan fingerprint density at radius 3 is 2.78 bits per heavy atom. The largest absolute Gasteiger partial charge is 0.347 e. The number of likely N-dealkylation sites (tertiary alicyclic amines) is 1. The molecular weight excluding hydrogens is 333 g/mol. The van der Waals surface area contributed by atoms with Crippen LogP contribution in [0.1, 0.15) is 22.5 Å². The molecule has 1 unspecified atom stereocenters. The van der Waals surface area contributed by atoms with E-state index in [0.29, 0.717) is 5.02 Å². The average molecular weight is 350 g/mol. The van der Waals surface area contributed by atoms with Gasteiger partial charge in [-0.15, -0.1) is 0 Å². The maximum absolute atomic E-state index is 12.3. The number of nitrogens with one attached hydrogen (secondary N) is 1. The zero-order valence-electron chi connectivity index (χ0n) is 12.5. The maximum atomic E-state index is 12.3. The van der Waals surface area contributed by atoms with Crippen molar-refractivity contribution in [1.82, 2.24) is 15.2 Å². The van der Waals surface area contributed by atoms with Crippen molar-refractivity contribution in [2.45, 2.75) is 19.0 Å². The number of rotatable bonds is 4. The Labute approximate surface area is 145 Å². The lowest BCUT2D eigenvalue weighted by atomic mass is 10.2. The zero-order valence-corrected chi connectivity index (χ0v) is 14.0. The monoisotopic (exact) mass is 349 g/mol. The molecule has 2 heterocycles. The molecule has 1 aromatic heterocycles. The van der Waals surface area contributed by atoms with E-state index < -0.39 is 0 Å². The zero-order chi connectivity index (χ0) is 16.2. The summed E-state index contributed by atoms with van der Waals surface area (Å²) in [5.41, 5.74) is 1.46. The molecule has 1 aliphatic rings. The van der Waals surface area contributed by atoms with Crippen LogP contribution in [-0.2, 0) is 6.54 Å². The van der Waals surface area contributed by atoms with E-state index in [9.17, 15) is 4.79 Å². The number of hydrogen-bond donors (Lipinski definition) is 1. The molecule has 1 saturated heterocycles. The van der Waals surface area contributed by atoms with Crippen molar-refractivity contribution < 1.29 is 4.79 Å². The Morgan fingerprint density at radius 2 is 2.00 bits per heavy atom. The molecule has 1 amide bonds. The number of nitrogens with zero attached hydrogens (tertiary/aromatic N) is 2. The lowest BCUT2D eigenvalue weighted by Gasteiger charge is -2.17. The van der Waals surface area contributed by atoms with E-state index in [-0.39, 0.29) is 22.8 Å². The van der Waals surface area contributed by atoms with Gasteiger partial charge in [-0.3, -0.25) is 9.69 Å². The van der Waals surface area contributed by atoms with Crippen molar-refractivity contribution in [3.63, 3.8) is 0 Å². The average Bonchev–Trinajstić information content (AvgIpc) is 2.97. The fraction of sp³-hybridized carbons (Fsp3) is 0.294. The van der Waals surface area contributed by atoms with Gasteiger partial charge in [-0.1, -0.05) is 53.5 Å². The molecule has 1 N–H and O–H groups in total. The number of benzene rings is 1. The molecule has 0 spiro atoms. The predicted octanol–water partition coefficient (Wildman–Crippen LogP) is 3.39. The predicted molar refractivity (Wildman–Crippen MR) is 91.8 cm³/mol. The molecule has 2 aromatic rings. The number of amides is 1. The van der Waals surface area contributed by atoms with Crippen molar-refractivity contribution in [3.05, 3.63) is 63.9 Å². The second-order valence-corrected chi connectivity index (χ2v) is 6.44. The fourth-order valence-electron chi connectivity index (χ4n) is 2.77. The van der Waals surface area contributed by atoms with Gasteiger partial charge in [0, 0.05) is 25.7 Å². The van der Waals surface area contributed by atoms with Crippen molar-refractivity contribution in [1.29, 1.82) is 0 Å². The van der Waals surface area contributed by atoms with Crippen LogP contribution in [0, 0.1) is 0 Å². The van der Waals surface area contributed by atoms with E-state index in [2.05, 4.69) is 27.3 Å². The summed E-state index contributed by atoms with van der Waals surface area (Å²) in [6.07, 6.45) is 0.913. The molecule has 1 aliphatic heterocycles. The number of hydrogen-bond acceptors (Lipinski definition) is 3. The van der Waals surface area contributed by atoms with Crippen LogP contribution in [-0.4, -0.2) is 34.9 Å². The second-order valence-electron chi connectivity index (χ2n) is 5.64. The van der Waals surface area contributed by atoms with Crippen molar-refractivity contribution in [2.24, 2.45) is 0 Å². The Morgan fingerprint density at radius 1 is 1.22 bits per heavy atom. The molecule has 6 heteroatoms. The quantitative estimate of drug-likeness (QED) is 0.860. The summed E-state index contributed by atoms with van der Waals surface area (Å²) < 4.78 is 0. The Kier molecular flexibility index (Phi) is 5.16. The van der Waals surface area contributed by atoms with Crippen LogP contribution < -0.4 is 5.32 Å². The highest BCUT2D eigenvalue weighted by molar-refractivity contribution is 6.34. The van der Waals surface area contributed by atoms with Gasteiger partial charge in [0.1, 0.15) is 10.8 Å². The smallest absolute Gasteiger partial charge is 0.271 e. The van der Waals surface area contributed by atoms with Crippen molar-refractivity contribution >= 4 is 29.1 Å². The van der Waals surface area contributed by atoms with Crippen LogP contribution in [0.25, 0.3) is 0 Å². The van der Waals surface area contributed by atoms with Crippen molar-refractivity contribution in [2.75, 3.05) is 13.1 Å². The van der Waals surface area contributed by atoms with Gasteiger partial charge in [0.15, 0.2) is 0 Å². The minimum atomic E-state index is -0.274. The standard InChI is InChI=1S/C17H17Cl2N3O/c18-14-6-7-15(19)21-16(14)17(23)20-13-8-9-22(11-13)10-12-4-2-1-3-5-12/h1-7,13H,8-11H2,(H,20,23). The van der Waals surface area contributed by atoms with Gasteiger partial charge in [-0.05, 0) is 24.1 Å². The van der Waals surface area contributed by atoms with Gasteiger partial charge >= 0.3 is 0 Å². The van der Waals surface area contributed by atoms with Crippen LogP contribution >= 0.6 is 23.2 Å². The number of aromatic nitrogens is 1. The van der Waals surface area contributed by atoms with E-state index in [4.69, 9.17) is 23.2 Å². The topological polar surface area (TPSA) is 45.2 Å². The Bertz CT molecular complexity index is 693. The van der Waals surface area contributed by atoms with Gasteiger partial charge in [0.25, 0.3) is 5.91 Å². The first kappa shape index (κ1) is 16.2. The normalized spacial score (nSPS) is 18.1. The summed E-state index contributed by atoms with van der Waals surface area (Å²) in [4.78, 5) is 18.6. The molecule has 0 radical (unpaired) electrons. The first-order chi connectivity index (χ1) is 11.1. The van der Waals surface area contributed by atoms with Gasteiger partial charge in [-0.25, -0.2) is 4.98 Å². The second kappa shape index (κ2) is 7.30. The maximum Gasteiger partial charge on any atom is 0.271 e. The number of carbonyl (C=O) groups is 1. The number of halogens is 2. The van der Waals surface area contributed by atoms with E-state index in [1.165, 1.54) is 5.56 Å². The van der Waals surface area contributed by atoms with E-state index in [1.807, 2.05) is 18.2 Å². The molecule has 1 atom stereocenters. The molecule has 1 aromatic carbocycles. The fourth-order valence-corrected chi connectivity index (χ4v) is 3.11. The molecule has 0 aliphatic carbocycles.